The van der Waals surface area contributed by atoms with Crippen LogP contribution in [0.1, 0.15) is 11.1 Å². The van der Waals surface area contributed by atoms with Gasteiger partial charge in [0.05, 0.1) is 10.6 Å². The van der Waals surface area contributed by atoms with Gasteiger partial charge in [-0.3, -0.25) is 4.79 Å². The van der Waals surface area contributed by atoms with Crippen molar-refractivity contribution in [2.24, 2.45) is 0 Å². The van der Waals surface area contributed by atoms with Gasteiger partial charge >= 0.3 is 6.18 Å². The van der Waals surface area contributed by atoms with Gasteiger partial charge in [0.2, 0.25) is 0 Å². The van der Waals surface area contributed by atoms with E-state index in [2.05, 4.69) is 10.6 Å². The molecule has 0 aliphatic heterocycles. The molecule has 0 heterocycles. The maximum atomic E-state index is 12.9. The lowest BCUT2D eigenvalue weighted by atomic mass is 10.2. The third kappa shape index (κ3) is 4.77. The Morgan fingerprint density at radius 3 is 2.54 bits per heavy atom. The predicted molar refractivity (Wildman–Crippen MR) is 93.6 cm³/mol. The Bertz CT molecular complexity index is 901. The highest BCUT2D eigenvalue weighted by Gasteiger charge is 2.33. The number of hydrogen-bond acceptors (Lipinski definition) is 3. The summed E-state index contributed by atoms with van der Waals surface area (Å²) in [6.45, 7) is 1.79. The van der Waals surface area contributed by atoms with Gasteiger partial charge in [-0.1, -0.05) is 29.8 Å². The molecular formula is C18H13ClF3N3O. The fourth-order valence-corrected chi connectivity index (χ4v) is 2.26. The molecule has 0 saturated carbocycles. The molecule has 0 aliphatic carbocycles. The molecule has 2 aromatic rings. The number of carbonyl (C=O) groups is 1. The van der Waals surface area contributed by atoms with Crippen molar-refractivity contribution in [2.75, 3.05) is 10.6 Å². The van der Waals surface area contributed by atoms with Gasteiger partial charge in [0, 0.05) is 17.6 Å². The second-order valence-corrected chi connectivity index (χ2v) is 5.68. The molecule has 2 rings (SSSR count). The minimum Gasteiger partial charge on any atom is -0.360 e. The van der Waals surface area contributed by atoms with Crippen LogP contribution in [0.4, 0.5) is 24.5 Å². The number of nitrogens with one attached hydrogen (secondary N) is 2. The van der Waals surface area contributed by atoms with E-state index in [0.29, 0.717) is 5.69 Å². The molecule has 1 amide bonds. The van der Waals surface area contributed by atoms with Crippen molar-refractivity contribution in [3.8, 4) is 6.07 Å². The molecule has 0 aliphatic rings. The van der Waals surface area contributed by atoms with Crippen molar-refractivity contribution in [3.05, 3.63) is 70.4 Å². The summed E-state index contributed by atoms with van der Waals surface area (Å²) in [6.07, 6.45) is -3.57. The van der Waals surface area contributed by atoms with E-state index in [1.165, 1.54) is 6.07 Å². The van der Waals surface area contributed by atoms with Crippen LogP contribution in [-0.4, -0.2) is 5.91 Å². The number of benzene rings is 2. The number of amides is 1. The van der Waals surface area contributed by atoms with Crippen LogP contribution in [0.3, 0.4) is 0 Å². The fraction of sp³-hybridized carbons (Fsp3) is 0.111. The summed E-state index contributed by atoms with van der Waals surface area (Å²) < 4.78 is 38.6. The van der Waals surface area contributed by atoms with E-state index in [-0.39, 0.29) is 11.3 Å². The molecule has 0 bridgehead atoms. The van der Waals surface area contributed by atoms with Crippen molar-refractivity contribution in [3.63, 3.8) is 0 Å². The molecule has 2 N–H and O–H groups in total. The van der Waals surface area contributed by atoms with Crippen LogP contribution in [0.15, 0.2) is 54.2 Å². The SMILES string of the molecule is Cc1ccccc1NC(=O)/C(C#N)=C\Nc1ccc(Cl)c(C(F)(F)F)c1. The summed E-state index contributed by atoms with van der Waals surface area (Å²) in [5.41, 5.74) is 0.0680. The van der Waals surface area contributed by atoms with Gasteiger partial charge < -0.3 is 10.6 Å². The minimum absolute atomic E-state index is 0.0400. The third-order valence-corrected chi connectivity index (χ3v) is 3.74. The molecule has 0 fully saturated rings. The van der Waals surface area contributed by atoms with E-state index in [0.717, 1.165) is 23.9 Å². The van der Waals surface area contributed by atoms with E-state index in [1.54, 1.807) is 37.3 Å². The number of carbonyl (C=O) groups excluding carboxylic acids is 1. The summed E-state index contributed by atoms with van der Waals surface area (Å²) in [5, 5.41) is 13.8. The van der Waals surface area contributed by atoms with Crippen LogP contribution in [0.5, 0.6) is 0 Å². The average molecular weight is 380 g/mol. The molecular weight excluding hydrogens is 367 g/mol. The average Bonchev–Trinajstić information content (AvgIpc) is 2.58. The standard InChI is InChI=1S/C18H13ClF3N3O/c1-11-4-2-3-5-16(11)25-17(26)12(9-23)10-24-13-6-7-15(19)14(8-13)18(20,21)22/h2-8,10,24H,1H3,(H,25,26)/b12-10-. The Kier molecular flexibility index (Phi) is 5.90. The zero-order chi connectivity index (χ0) is 19.3. The summed E-state index contributed by atoms with van der Waals surface area (Å²) in [6, 6.07) is 11.9. The zero-order valence-corrected chi connectivity index (χ0v) is 14.2. The molecule has 134 valence electrons. The molecule has 0 spiro atoms. The maximum absolute atomic E-state index is 12.9. The largest absolute Gasteiger partial charge is 0.417 e. The van der Waals surface area contributed by atoms with E-state index in [4.69, 9.17) is 16.9 Å². The van der Waals surface area contributed by atoms with Gasteiger partial charge in [-0.25, -0.2) is 0 Å². The third-order valence-electron chi connectivity index (χ3n) is 3.41. The van der Waals surface area contributed by atoms with Crippen LogP contribution in [0, 0.1) is 18.3 Å². The van der Waals surface area contributed by atoms with Crippen LogP contribution in [0.2, 0.25) is 5.02 Å². The lowest BCUT2D eigenvalue weighted by molar-refractivity contribution is -0.137. The Labute approximate surface area is 152 Å². The van der Waals surface area contributed by atoms with E-state index < -0.39 is 22.7 Å². The number of anilines is 2. The Morgan fingerprint density at radius 1 is 1.23 bits per heavy atom. The lowest BCUT2D eigenvalue weighted by Gasteiger charge is -2.11. The highest BCUT2D eigenvalue weighted by molar-refractivity contribution is 6.31. The first kappa shape index (κ1) is 19.3. The number of para-hydroxylation sites is 1. The topological polar surface area (TPSA) is 64.9 Å². The first-order chi connectivity index (χ1) is 12.2. The molecule has 8 heteroatoms. The van der Waals surface area contributed by atoms with Crippen molar-refractivity contribution in [1.29, 1.82) is 5.26 Å². The Hall–Kier alpha value is -2.98. The quantitative estimate of drug-likeness (QED) is 0.572. The Morgan fingerprint density at radius 2 is 1.92 bits per heavy atom. The predicted octanol–water partition coefficient (Wildman–Crippen LogP) is 5.13. The number of nitrogens with zero attached hydrogens (tertiary/aromatic N) is 1. The van der Waals surface area contributed by atoms with Gasteiger partial charge in [-0.05, 0) is 36.8 Å². The smallest absolute Gasteiger partial charge is 0.360 e. The number of hydrogen-bond donors (Lipinski definition) is 2. The maximum Gasteiger partial charge on any atom is 0.417 e. The molecule has 2 aromatic carbocycles. The monoisotopic (exact) mass is 379 g/mol. The number of nitriles is 1. The van der Waals surface area contributed by atoms with Gasteiger partial charge in [0.15, 0.2) is 0 Å². The number of rotatable bonds is 4. The van der Waals surface area contributed by atoms with Crippen molar-refractivity contribution >= 4 is 28.9 Å². The van der Waals surface area contributed by atoms with Crippen LogP contribution < -0.4 is 10.6 Å². The summed E-state index contributed by atoms with van der Waals surface area (Å²) in [4.78, 5) is 12.2. The second kappa shape index (κ2) is 7.93. The molecule has 0 aromatic heterocycles. The summed E-state index contributed by atoms with van der Waals surface area (Å²) in [5.74, 6) is -0.681. The fourth-order valence-electron chi connectivity index (χ4n) is 2.04. The van der Waals surface area contributed by atoms with Crippen LogP contribution in [0.25, 0.3) is 0 Å². The van der Waals surface area contributed by atoms with E-state index in [9.17, 15) is 18.0 Å². The van der Waals surface area contributed by atoms with Crippen molar-refractivity contribution in [2.45, 2.75) is 13.1 Å². The molecule has 0 radical (unpaired) electrons. The van der Waals surface area contributed by atoms with Crippen LogP contribution in [-0.2, 0) is 11.0 Å². The van der Waals surface area contributed by atoms with Gasteiger partial charge in [0.1, 0.15) is 11.6 Å². The molecule has 0 saturated heterocycles. The summed E-state index contributed by atoms with van der Waals surface area (Å²) in [7, 11) is 0. The first-order valence-corrected chi connectivity index (χ1v) is 7.70. The van der Waals surface area contributed by atoms with E-state index in [1.807, 2.05) is 0 Å². The first-order valence-electron chi connectivity index (χ1n) is 7.33. The van der Waals surface area contributed by atoms with Gasteiger partial charge in [0.25, 0.3) is 5.91 Å². The van der Waals surface area contributed by atoms with Gasteiger partial charge in [-0.15, -0.1) is 0 Å². The lowest BCUT2D eigenvalue weighted by Crippen LogP contribution is -2.15. The van der Waals surface area contributed by atoms with Crippen molar-refractivity contribution < 1.29 is 18.0 Å². The highest BCUT2D eigenvalue weighted by Crippen LogP contribution is 2.36. The Balaban J connectivity index is 2.19. The number of alkyl halides is 3. The number of halogens is 4. The normalized spacial score (nSPS) is 11.6. The molecule has 4 nitrogen and oxygen atoms in total. The number of aryl methyl sites for hydroxylation is 1. The second-order valence-electron chi connectivity index (χ2n) is 5.28. The molecule has 0 atom stereocenters. The van der Waals surface area contributed by atoms with E-state index >= 15 is 0 Å². The van der Waals surface area contributed by atoms with Crippen molar-refractivity contribution in [1.82, 2.24) is 0 Å². The molecule has 0 unspecified atom stereocenters. The van der Waals surface area contributed by atoms with Gasteiger partial charge in [-0.2, -0.15) is 18.4 Å². The minimum atomic E-state index is -4.61. The molecule has 26 heavy (non-hydrogen) atoms. The summed E-state index contributed by atoms with van der Waals surface area (Å²) >= 11 is 5.55. The zero-order valence-electron chi connectivity index (χ0n) is 13.5. The van der Waals surface area contributed by atoms with Crippen LogP contribution >= 0.6 is 11.6 Å². The highest BCUT2D eigenvalue weighted by atomic mass is 35.5.